The van der Waals surface area contributed by atoms with Crippen LogP contribution in [0.1, 0.15) is 52.5 Å². The van der Waals surface area contributed by atoms with Crippen molar-refractivity contribution < 1.29 is 9.90 Å². The number of hydrogen-bond donors (Lipinski definition) is 1. The number of carboxylic acid groups (broad SMARTS) is 1. The smallest absolute Gasteiger partial charge is 0.328 e. The molecule has 0 atom stereocenters. The molecule has 0 spiro atoms. The highest BCUT2D eigenvalue weighted by atomic mass is 16.4. The van der Waals surface area contributed by atoms with Crippen molar-refractivity contribution in [1.82, 2.24) is 0 Å². The van der Waals surface area contributed by atoms with Gasteiger partial charge in [-0.2, -0.15) is 0 Å². The summed E-state index contributed by atoms with van der Waals surface area (Å²) in [4.78, 5) is 10.7. The van der Waals surface area contributed by atoms with Crippen LogP contribution in [-0.4, -0.2) is 11.1 Å². The van der Waals surface area contributed by atoms with Crippen LogP contribution in [0.25, 0.3) is 5.57 Å². The van der Waals surface area contributed by atoms with Gasteiger partial charge in [-0.1, -0.05) is 74.1 Å². The van der Waals surface area contributed by atoms with Crippen LogP contribution in [0.15, 0.2) is 83.0 Å². The Kier molecular flexibility index (Phi) is 7.60. The summed E-state index contributed by atoms with van der Waals surface area (Å²) < 4.78 is 0. The number of aliphatic carboxylic acids is 1. The van der Waals surface area contributed by atoms with Gasteiger partial charge >= 0.3 is 5.97 Å². The van der Waals surface area contributed by atoms with Gasteiger partial charge in [-0.25, -0.2) is 4.79 Å². The van der Waals surface area contributed by atoms with Crippen molar-refractivity contribution in [2.75, 3.05) is 0 Å². The average Bonchev–Trinajstić information content (AvgIpc) is 2.61. The first kappa shape index (κ1) is 20.7. The highest BCUT2D eigenvalue weighted by Crippen LogP contribution is 2.39. The van der Waals surface area contributed by atoms with Crippen LogP contribution >= 0.6 is 0 Å². The second kappa shape index (κ2) is 9.91. The van der Waals surface area contributed by atoms with Gasteiger partial charge in [0, 0.05) is 6.08 Å². The zero-order valence-electron chi connectivity index (χ0n) is 16.8. The number of carboxylic acids is 1. The Morgan fingerprint density at radius 2 is 1.78 bits per heavy atom. The zero-order chi connectivity index (χ0) is 19.8. The minimum absolute atomic E-state index is 0.482. The number of hydrogen-bond acceptors (Lipinski definition) is 1. The highest BCUT2D eigenvalue weighted by molar-refractivity contribution is 5.81. The molecule has 27 heavy (non-hydrogen) atoms. The van der Waals surface area contributed by atoms with E-state index >= 15 is 0 Å². The van der Waals surface area contributed by atoms with Crippen molar-refractivity contribution in [3.63, 3.8) is 0 Å². The molecule has 0 aliphatic heterocycles. The van der Waals surface area contributed by atoms with Crippen LogP contribution in [-0.2, 0) is 4.79 Å². The lowest BCUT2D eigenvalue weighted by Crippen LogP contribution is -2.08. The normalized spacial score (nSPS) is 18.0. The first-order valence-electron chi connectivity index (χ1n) is 9.64. The molecule has 1 aliphatic carbocycles. The van der Waals surface area contributed by atoms with Crippen molar-refractivity contribution in [3.05, 3.63) is 88.6 Å². The number of benzene rings is 1. The summed E-state index contributed by atoms with van der Waals surface area (Å²) in [5.74, 6) is -0.432. The summed E-state index contributed by atoms with van der Waals surface area (Å²) in [5.41, 5.74) is 7.62. The third-order valence-corrected chi connectivity index (χ3v) is 4.71. The van der Waals surface area contributed by atoms with Crippen molar-refractivity contribution >= 4 is 11.5 Å². The van der Waals surface area contributed by atoms with Gasteiger partial charge < -0.3 is 5.11 Å². The van der Waals surface area contributed by atoms with Gasteiger partial charge in [0.15, 0.2) is 0 Å². The third-order valence-electron chi connectivity index (χ3n) is 4.71. The molecule has 1 aliphatic rings. The lowest BCUT2D eigenvalue weighted by molar-refractivity contribution is -0.131. The van der Waals surface area contributed by atoms with Crippen LogP contribution < -0.4 is 0 Å². The molecule has 0 amide bonds. The molecule has 2 nitrogen and oxygen atoms in total. The highest BCUT2D eigenvalue weighted by Gasteiger charge is 2.20. The summed E-state index contributed by atoms with van der Waals surface area (Å²) in [5, 5.41) is 8.77. The second-order valence-electron chi connectivity index (χ2n) is 7.43. The standard InChI is InChI=1S/C25H30O2/c1-18(2)25-22(14-9-15-23(25)21-12-6-5-7-13-21)16-19(3)10-8-11-20(4)17-24(26)27/h5-8,10-13,16-18H,9,14-15H2,1-4H3,(H,26,27)/b11-8+,19-10+,20-17+,22-16+. The topological polar surface area (TPSA) is 37.3 Å². The predicted octanol–water partition coefficient (Wildman–Crippen LogP) is 6.74. The van der Waals surface area contributed by atoms with E-state index in [1.165, 1.54) is 40.4 Å². The van der Waals surface area contributed by atoms with Gasteiger partial charge in [0.25, 0.3) is 0 Å². The van der Waals surface area contributed by atoms with E-state index in [9.17, 15) is 4.79 Å². The molecule has 1 aromatic rings. The van der Waals surface area contributed by atoms with Crippen LogP contribution in [0.3, 0.4) is 0 Å². The molecule has 0 saturated heterocycles. The number of carbonyl (C=O) groups is 1. The molecule has 1 aromatic carbocycles. The predicted molar refractivity (Wildman–Crippen MR) is 114 cm³/mol. The molecule has 0 aromatic heterocycles. The molecule has 0 radical (unpaired) electrons. The largest absolute Gasteiger partial charge is 0.478 e. The Hall–Kier alpha value is -2.61. The maximum atomic E-state index is 10.7. The number of allylic oxidation sites excluding steroid dienone is 9. The molecular weight excluding hydrogens is 332 g/mol. The van der Waals surface area contributed by atoms with Crippen molar-refractivity contribution in [3.8, 4) is 0 Å². The van der Waals surface area contributed by atoms with Crippen molar-refractivity contribution in [2.24, 2.45) is 5.92 Å². The molecule has 1 N–H and O–H groups in total. The SMILES string of the molecule is CC(=C\C=C\C(C)=C\C(=O)O)/C=C1\CCCC(c2ccccc2)=C1C(C)C. The second-order valence-corrected chi connectivity index (χ2v) is 7.43. The third kappa shape index (κ3) is 6.25. The van der Waals surface area contributed by atoms with E-state index in [0.29, 0.717) is 5.92 Å². The fourth-order valence-corrected chi connectivity index (χ4v) is 3.64. The minimum atomic E-state index is -0.915. The Labute approximate surface area is 163 Å². The molecule has 142 valence electrons. The first-order valence-corrected chi connectivity index (χ1v) is 9.64. The van der Waals surface area contributed by atoms with E-state index in [1.54, 1.807) is 6.92 Å². The maximum Gasteiger partial charge on any atom is 0.328 e. The van der Waals surface area contributed by atoms with Crippen molar-refractivity contribution in [2.45, 2.75) is 47.0 Å². The zero-order valence-corrected chi connectivity index (χ0v) is 16.8. The summed E-state index contributed by atoms with van der Waals surface area (Å²) >= 11 is 0. The van der Waals surface area contributed by atoms with Crippen LogP contribution in [0.4, 0.5) is 0 Å². The average molecular weight is 363 g/mol. The molecule has 0 fully saturated rings. The van der Waals surface area contributed by atoms with E-state index in [4.69, 9.17) is 5.11 Å². The fraction of sp³-hybridized carbons (Fsp3) is 0.320. The summed E-state index contributed by atoms with van der Waals surface area (Å²) in [7, 11) is 0. The quantitative estimate of drug-likeness (QED) is 0.449. The summed E-state index contributed by atoms with van der Waals surface area (Å²) in [6, 6.07) is 10.7. The lowest BCUT2D eigenvalue weighted by atomic mass is 9.78. The Morgan fingerprint density at radius 1 is 1.07 bits per heavy atom. The van der Waals surface area contributed by atoms with Crippen LogP contribution in [0.2, 0.25) is 0 Å². The van der Waals surface area contributed by atoms with E-state index in [0.717, 1.165) is 18.4 Å². The van der Waals surface area contributed by atoms with E-state index in [-0.39, 0.29) is 0 Å². The molecule has 0 heterocycles. The minimum Gasteiger partial charge on any atom is -0.478 e. The monoisotopic (exact) mass is 362 g/mol. The van der Waals surface area contributed by atoms with Gasteiger partial charge in [0.05, 0.1) is 0 Å². The fourth-order valence-electron chi connectivity index (χ4n) is 3.64. The Bertz CT molecular complexity index is 815. The van der Waals surface area contributed by atoms with Gasteiger partial charge in [0.1, 0.15) is 0 Å². The van der Waals surface area contributed by atoms with Crippen LogP contribution in [0.5, 0.6) is 0 Å². The molecule has 0 unspecified atom stereocenters. The van der Waals surface area contributed by atoms with Gasteiger partial charge in [-0.05, 0) is 66.9 Å². The Balaban J connectivity index is 2.33. The Morgan fingerprint density at radius 3 is 2.41 bits per heavy atom. The maximum absolute atomic E-state index is 10.7. The van der Waals surface area contributed by atoms with Gasteiger partial charge in [-0.15, -0.1) is 0 Å². The summed E-state index contributed by atoms with van der Waals surface area (Å²) in [6.45, 7) is 8.44. The van der Waals surface area contributed by atoms with Crippen LogP contribution in [0, 0.1) is 5.92 Å². The number of rotatable bonds is 6. The lowest BCUT2D eigenvalue weighted by Gasteiger charge is -2.27. The van der Waals surface area contributed by atoms with E-state index < -0.39 is 5.97 Å². The molecule has 2 heteroatoms. The molecule has 2 rings (SSSR count). The molecular formula is C25H30O2. The summed E-state index contributed by atoms with van der Waals surface area (Å²) in [6.07, 6.45) is 12.7. The van der Waals surface area contributed by atoms with Gasteiger partial charge in [0.2, 0.25) is 0 Å². The van der Waals surface area contributed by atoms with E-state index in [2.05, 4.69) is 57.2 Å². The van der Waals surface area contributed by atoms with Crippen molar-refractivity contribution in [1.29, 1.82) is 0 Å². The first-order chi connectivity index (χ1) is 12.9. The molecule has 0 saturated carbocycles. The van der Waals surface area contributed by atoms with E-state index in [1.807, 2.05) is 18.2 Å². The molecule has 0 bridgehead atoms. The van der Waals surface area contributed by atoms with Gasteiger partial charge in [-0.3, -0.25) is 0 Å².